The molecule has 126 valence electrons. The van der Waals surface area contributed by atoms with Crippen LogP contribution in [0.15, 0.2) is 36.4 Å². The normalized spacial score (nSPS) is 14.6. The molecule has 1 aromatic heterocycles. The van der Waals surface area contributed by atoms with Crippen molar-refractivity contribution in [1.29, 1.82) is 0 Å². The lowest BCUT2D eigenvalue weighted by Crippen LogP contribution is -2.31. The van der Waals surface area contributed by atoms with Gasteiger partial charge in [-0.25, -0.2) is 4.79 Å². The average molecular weight is 343 g/mol. The quantitative estimate of drug-likeness (QED) is 0.797. The van der Waals surface area contributed by atoms with Crippen LogP contribution in [0.5, 0.6) is 0 Å². The van der Waals surface area contributed by atoms with Crippen LogP contribution >= 0.6 is 11.3 Å². The molecule has 24 heavy (non-hydrogen) atoms. The minimum absolute atomic E-state index is 0.240. The monoisotopic (exact) mass is 343 g/mol. The first-order valence-corrected chi connectivity index (χ1v) is 8.96. The summed E-state index contributed by atoms with van der Waals surface area (Å²) in [5.41, 5.74) is 1.94. The summed E-state index contributed by atoms with van der Waals surface area (Å²) in [6, 6.07) is 11.1. The van der Waals surface area contributed by atoms with Gasteiger partial charge in [-0.2, -0.15) is 0 Å². The van der Waals surface area contributed by atoms with Gasteiger partial charge in [0.05, 0.1) is 0 Å². The maximum Gasteiger partial charge on any atom is 0.349 e. The van der Waals surface area contributed by atoms with Crippen molar-refractivity contribution in [2.75, 3.05) is 14.1 Å². The SMILES string of the molecule is CN(C)C(=O)[C@H](OC(=O)c1cc2c(s1)CCCC2)c1ccccc1. The summed E-state index contributed by atoms with van der Waals surface area (Å²) in [6.07, 6.45) is 3.49. The molecule has 2 aromatic rings. The second kappa shape index (κ2) is 7.18. The number of fused-ring (bicyclic) bond motifs is 1. The molecule has 5 heteroatoms. The maximum atomic E-state index is 12.6. The van der Waals surface area contributed by atoms with Crippen LogP contribution in [0, 0.1) is 0 Å². The van der Waals surface area contributed by atoms with Crippen LogP contribution in [0.4, 0.5) is 0 Å². The first-order chi connectivity index (χ1) is 11.6. The molecule has 0 saturated carbocycles. The number of aryl methyl sites for hydroxylation is 2. The number of benzene rings is 1. The molecule has 0 aliphatic heterocycles. The van der Waals surface area contributed by atoms with Gasteiger partial charge < -0.3 is 9.64 Å². The minimum atomic E-state index is -0.909. The van der Waals surface area contributed by atoms with Crippen LogP contribution in [0.2, 0.25) is 0 Å². The van der Waals surface area contributed by atoms with Crippen molar-refractivity contribution in [1.82, 2.24) is 4.90 Å². The van der Waals surface area contributed by atoms with Crippen molar-refractivity contribution in [2.24, 2.45) is 0 Å². The summed E-state index contributed by atoms with van der Waals surface area (Å²) in [7, 11) is 3.33. The number of ether oxygens (including phenoxy) is 1. The van der Waals surface area contributed by atoms with Crippen molar-refractivity contribution in [3.05, 3.63) is 57.3 Å². The van der Waals surface area contributed by atoms with Gasteiger partial charge in [-0.15, -0.1) is 11.3 Å². The Kier molecular flexibility index (Phi) is 5.00. The third kappa shape index (κ3) is 3.51. The molecule has 1 atom stereocenters. The van der Waals surface area contributed by atoms with Crippen LogP contribution in [-0.4, -0.2) is 30.9 Å². The van der Waals surface area contributed by atoms with E-state index in [0.717, 1.165) is 12.8 Å². The fourth-order valence-electron chi connectivity index (χ4n) is 2.88. The molecule has 1 aromatic carbocycles. The Morgan fingerprint density at radius 1 is 1.12 bits per heavy atom. The van der Waals surface area contributed by atoms with Crippen LogP contribution in [0.25, 0.3) is 0 Å². The summed E-state index contributed by atoms with van der Waals surface area (Å²) < 4.78 is 5.60. The van der Waals surface area contributed by atoms with E-state index in [1.165, 1.54) is 39.5 Å². The first-order valence-electron chi connectivity index (χ1n) is 8.15. The van der Waals surface area contributed by atoms with Gasteiger partial charge in [-0.3, -0.25) is 4.79 Å². The molecule has 0 radical (unpaired) electrons. The van der Waals surface area contributed by atoms with E-state index >= 15 is 0 Å². The van der Waals surface area contributed by atoms with Gasteiger partial charge in [-0.05, 0) is 37.3 Å². The van der Waals surface area contributed by atoms with E-state index in [2.05, 4.69) is 0 Å². The molecule has 1 aliphatic rings. The number of amides is 1. The lowest BCUT2D eigenvalue weighted by molar-refractivity contribution is -0.138. The molecule has 1 heterocycles. The highest BCUT2D eigenvalue weighted by molar-refractivity contribution is 7.14. The Balaban J connectivity index is 1.83. The van der Waals surface area contributed by atoms with Gasteiger partial charge in [-0.1, -0.05) is 30.3 Å². The molecule has 0 spiro atoms. The molecule has 0 N–H and O–H groups in total. The lowest BCUT2D eigenvalue weighted by Gasteiger charge is -2.20. The fourth-order valence-corrected chi connectivity index (χ4v) is 4.02. The van der Waals surface area contributed by atoms with Crippen molar-refractivity contribution in [3.63, 3.8) is 0 Å². The number of hydrogen-bond acceptors (Lipinski definition) is 4. The molecule has 3 rings (SSSR count). The highest BCUT2D eigenvalue weighted by Gasteiger charge is 2.28. The Labute approximate surface area is 146 Å². The third-order valence-electron chi connectivity index (χ3n) is 4.19. The highest BCUT2D eigenvalue weighted by Crippen LogP contribution is 2.31. The highest BCUT2D eigenvalue weighted by atomic mass is 32.1. The van der Waals surface area contributed by atoms with Crippen molar-refractivity contribution < 1.29 is 14.3 Å². The first kappa shape index (κ1) is 16.7. The zero-order chi connectivity index (χ0) is 17.1. The second-order valence-corrected chi connectivity index (χ2v) is 7.33. The lowest BCUT2D eigenvalue weighted by atomic mass is 9.99. The van der Waals surface area contributed by atoms with Gasteiger partial charge in [0, 0.05) is 24.5 Å². The maximum absolute atomic E-state index is 12.6. The summed E-state index contributed by atoms with van der Waals surface area (Å²) in [5, 5.41) is 0. The Morgan fingerprint density at radius 2 is 1.83 bits per heavy atom. The predicted octanol–water partition coefficient (Wildman–Crippen LogP) is 3.61. The van der Waals surface area contributed by atoms with Crippen LogP contribution in [0.3, 0.4) is 0 Å². The molecular formula is C19H21NO3S. The Morgan fingerprint density at radius 3 is 2.50 bits per heavy atom. The van der Waals surface area contributed by atoms with Crippen LogP contribution in [0.1, 0.15) is 44.6 Å². The van der Waals surface area contributed by atoms with E-state index in [1.54, 1.807) is 26.2 Å². The minimum Gasteiger partial charge on any atom is -0.443 e. The zero-order valence-corrected chi connectivity index (χ0v) is 14.8. The number of likely N-dealkylation sites (N-methyl/N-ethyl adjacent to an activating group) is 1. The number of carbonyl (C=O) groups excluding carboxylic acids is 2. The predicted molar refractivity (Wildman–Crippen MR) is 94.3 cm³/mol. The van der Waals surface area contributed by atoms with Gasteiger partial charge in [0.2, 0.25) is 6.10 Å². The number of rotatable bonds is 4. The number of nitrogens with zero attached hydrogens (tertiary/aromatic N) is 1. The van der Waals surface area contributed by atoms with E-state index in [-0.39, 0.29) is 5.91 Å². The van der Waals surface area contributed by atoms with E-state index in [1.807, 2.05) is 24.3 Å². The third-order valence-corrected chi connectivity index (χ3v) is 5.41. The molecule has 1 amide bonds. The summed E-state index contributed by atoms with van der Waals surface area (Å²) in [4.78, 5) is 28.4. The summed E-state index contributed by atoms with van der Waals surface area (Å²) in [6.45, 7) is 0. The van der Waals surface area contributed by atoms with Gasteiger partial charge in [0.25, 0.3) is 5.91 Å². The van der Waals surface area contributed by atoms with Crippen LogP contribution in [-0.2, 0) is 22.4 Å². The van der Waals surface area contributed by atoms with Crippen molar-refractivity contribution in [2.45, 2.75) is 31.8 Å². The fraction of sp³-hybridized carbons (Fsp3) is 0.368. The molecular weight excluding hydrogens is 322 g/mol. The number of thiophene rings is 1. The van der Waals surface area contributed by atoms with Gasteiger partial charge in [0.1, 0.15) is 4.88 Å². The van der Waals surface area contributed by atoms with E-state index < -0.39 is 12.1 Å². The summed E-state index contributed by atoms with van der Waals surface area (Å²) in [5.74, 6) is -0.658. The smallest absolute Gasteiger partial charge is 0.349 e. The standard InChI is InChI=1S/C19H21NO3S/c1-20(2)18(21)17(13-8-4-3-5-9-13)23-19(22)16-12-14-10-6-7-11-15(14)24-16/h3-5,8-9,12,17H,6-7,10-11H2,1-2H3/t17-/m1/s1. The second-order valence-electron chi connectivity index (χ2n) is 6.19. The van der Waals surface area contributed by atoms with Gasteiger partial charge in [0.15, 0.2) is 0 Å². The van der Waals surface area contributed by atoms with E-state index in [0.29, 0.717) is 10.4 Å². The molecule has 0 unspecified atom stereocenters. The van der Waals surface area contributed by atoms with E-state index in [9.17, 15) is 9.59 Å². The van der Waals surface area contributed by atoms with Crippen molar-refractivity contribution >= 4 is 23.2 Å². The zero-order valence-electron chi connectivity index (χ0n) is 14.0. The Bertz CT molecular complexity index is 713. The molecule has 0 saturated heterocycles. The molecule has 1 aliphatic carbocycles. The van der Waals surface area contributed by atoms with Crippen LogP contribution < -0.4 is 0 Å². The molecule has 0 bridgehead atoms. The summed E-state index contributed by atoms with van der Waals surface area (Å²) >= 11 is 1.50. The number of esters is 1. The molecule has 0 fully saturated rings. The molecule has 4 nitrogen and oxygen atoms in total. The van der Waals surface area contributed by atoms with E-state index in [4.69, 9.17) is 4.74 Å². The average Bonchev–Trinajstić information content (AvgIpc) is 3.04. The van der Waals surface area contributed by atoms with Crippen molar-refractivity contribution in [3.8, 4) is 0 Å². The van der Waals surface area contributed by atoms with Gasteiger partial charge >= 0.3 is 5.97 Å². The largest absolute Gasteiger partial charge is 0.443 e. The number of hydrogen-bond donors (Lipinski definition) is 0. The Hall–Kier alpha value is -2.14. The number of carbonyl (C=O) groups is 2. The topological polar surface area (TPSA) is 46.6 Å².